The second-order valence-electron chi connectivity index (χ2n) is 4.65. The number of nitrogens with zero attached hydrogens (tertiary/aromatic N) is 1. The van der Waals surface area contributed by atoms with Gasteiger partial charge in [0.25, 0.3) is 0 Å². The fourth-order valence-electron chi connectivity index (χ4n) is 2.46. The molecule has 0 aromatic carbocycles. The number of β-amino-alcohol motifs (C(OH)–C–C–N with tert-alkyl or cyclic N) is 1. The van der Waals surface area contributed by atoms with Crippen molar-refractivity contribution in [3.8, 4) is 0 Å². The van der Waals surface area contributed by atoms with Gasteiger partial charge in [-0.2, -0.15) is 0 Å². The van der Waals surface area contributed by atoms with E-state index >= 15 is 0 Å². The number of ether oxygens (including phenoxy) is 1. The van der Waals surface area contributed by atoms with E-state index in [4.69, 9.17) is 9.84 Å². The molecule has 17 heavy (non-hydrogen) atoms. The van der Waals surface area contributed by atoms with Crippen molar-refractivity contribution in [3.63, 3.8) is 0 Å². The van der Waals surface area contributed by atoms with Crippen molar-refractivity contribution in [2.45, 2.75) is 31.4 Å². The maximum atomic E-state index is 12.1. The molecular formula is C11H17NO5. The monoisotopic (exact) mass is 243 g/mol. The average Bonchev–Trinajstić information content (AvgIpc) is 2.72. The summed E-state index contributed by atoms with van der Waals surface area (Å²) in [6.07, 6.45) is 0.946. The Morgan fingerprint density at radius 2 is 2.12 bits per heavy atom. The highest BCUT2D eigenvalue weighted by atomic mass is 16.5. The molecule has 6 heteroatoms. The summed E-state index contributed by atoms with van der Waals surface area (Å²) in [4.78, 5) is 24.4. The van der Waals surface area contributed by atoms with Crippen molar-refractivity contribution in [2.24, 2.45) is 5.92 Å². The first kappa shape index (κ1) is 12.3. The fourth-order valence-corrected chi connectivity index (χ4v) is 2.46. The fraction of sp³-hybridized carbons (Fsp3) is 0.818. The summed E-state index contributed by atoms with van der Waals surface area (Å²) in [5, 5.41) is 18.5. The van der Waals surface area contributed by atoms with Gasteiger partial charge in [0.15, 0.2) is 0 Å². The summed E-state index contributed by atoms with van der Waals surface area (Å²) in [5.41, 5.74) is 0. The summed E-state index contributed by atoms with van der Waals surface area (Å²) in [5.74, 6) is -1.50. The van der Waals surface area contributed by atoms with Crippen molar-refractivity contribution in [1.29, 1.82) is 0 Å². The topological polar surface area (TPSA) is 87.1 Å². The summed E-state index contributed by atoms with van der Waals surface area (Å²) in [6, 6.07) is -0.889. The first-order valence-electron chi connectivity index (χ1n) is 5.88. The summed E-state index contributed by atoms with van der Waals surface area (Å²) in [6.45, 7) is 1.14. The molecule has 1 unspecified atom stereocenters. The van der Waals surface area contributed by atoms with Gasteiger partial charge in [-0.15, -0.1) is 0 Å². The first-order valence-corrected chi connectivity index (χ1v) is 5.88. The maximum Gasteiger partial charge on any atom is 0.326 e. The van der Waals surface area contributed by atoms with Crippen LogP contribution in [0.1, 0.15) is 19.3 Å². The number of amides is 1. The van der Waals surface area contributed by atoms with Gasteiger partial charge in [-0.25, -0.2) is 4.79 Å². The van der Waals surface area contributed by atoms with E-state index in [1.807, 2.05) is 0 Å². The highest BCUT2D eigenvalue weighted by molar-refractivity contribution is 5.86. The molecule has 1 amide bonds. The molecule has 2 aliphatic heterocycles. The summed E-state index contributed by atoms with van der Waals surface area (Å²) >= 11 is 0. The van der Waals surface area contributed by atoms with E-state index in [9.17, 15) is 14.7 Å². The number of aliphatic carboxylic acids is 1. The van der Waals surface area contributed by atoms with Gasteiger partial charge in [0.1, 0.15) is 6.04 Å². The van der Waals surface area contributed by atoms with Crippen molar-refractivity contribution in [2.75, 3.05) is 19.8 Å². The molecule has 2 N–H and O–H groups in total. The van der Waals surface area contributed by atoms with Crippen LogP contribution >= 0.6 is 0 Å². The normalized spacial score (nSPS) is 33.7. The predicted molar refractivity (Wildman–Crippen MR) is 57.3 cm³/mol. The van der Waals surface area contributed by atoms with Gasteiger partial charge in [0.2, 0.25) is 5.91 Å². The number of likely N-dealkylation sites (tertiary alicyclic amines) is 1. The molecule has 96 valence electrons. The highest BCUT2D eigenvalue weighted by Gasteiger charge is 2.41. The molecule has 0 saturated carbocycles. The van der Waals surface area contributed by atoms with Crippen LogP contribution in [0.25, 0.3) is 0 Å². The summed E-state index contributed by atoms with van der Waals surface area (Å²) < 4.78 is 5.23. The number of rotatable bonds is 2. The van der Waals surface area contributed by atoms with E-state index in [0.29, 0.717) is 13.2 Å². The van der Waals surface area contributed by atoms with Crippen LogP contribution in [0.3, 0.4) is 0 Å². The van der Waals surface area contributed by atoms with Gasteiger partial charge in [0.05, 0.1) is 18.6 Å². The standard InChI is InChI=1S/C11H17NO5/c13-8-4-9(11(15)16)12(5-8)10(14)7-2-1-3-17-6-7/h7-9,13H,1-6H2,(H,15,16)/t7?,8-,9-/m1/s1. The minimum Gasteiger partial charge on any atom is -0.480 e. The number of hydrogen-bond donors (Lipinski definition) is 2. The second-order valence-corrected chi connectivity index (χ2v) is 4.65. The molecule has 0 spiro atoms. The Morgan fingerprint density at radius 3 is 2.71 bits per heavy atom. The molecule has 0 aromatic heterocycles. The average molecular weight is 243 g/mol. The number of carboxylic acid groups (broad SMARTS) is 1. The Morgan fingerprint density at radius 1 is 1.35 bits per heavy atom. The Labute approximate surface area is 99.2 Å². The van der Waals surface area contributed by atoms with Crippen LogP contribution in [-0.4, -0.2) is 58.9 Å². The SMILES string of the molecule is O=C(O)[C@H]1C[C@@H](O)CN1C(=O)C1CCCOC1. The third-order valence-electron chi connectivity index (χ3n) is 3.36. The first-order chi connectivity index (χ1) is 8.09. The molecule has 2 saturated heterocycles. The smallest absolute Gasteiger partial charge is 0.326 e. The van der Waals surface area contributed by atoms with Crippen LogP contribution in [0, 0.1) is 5.92 Å². The predicted octanol–water partition coefficient (Wildman–Crippen LogP) is -0.541. The van der Waals surface area contributed by atoms with Crippen LogP contribution in [0.15, 0.2) is 0 Å². The zero-order valence-corrected chi connectivity index (χ0v) is 9.54. The maximum absolute atomic E-state index is 12.1. The molecule has 0 radical (unpaired) electrons. The molecule has 3 atom stereocenters. The number of aliphatic hydroxyl groups is 1. The number of hydrogen-bond acceptors (Lipinski definition) is 4. The second kappa shape index (κ2) is 5.01. The molecule has 2 fully saturated rings. The number of aliphatic hydroxyl groups excluding tert-OH is 1. The van der Waals surface area contributed by atoms with Gasteiger partial charge in [-0.05, 0) is 12.8 Å². The van der Waals surface area contributed by atoms with E-state index in [1.54, 1.807) is 0 Å². The van der Waals surface area contributed by atoms with Crippen LogP contribution in [0.5, 0.6) is 0 Å². The van der Waals surface area contributed by atoms with Crippen molar-refractivity contribution in [1.82, 2.24) is 4.90 Å². The quantitative estimate of drug-likeness (QED) is 0.680. The Hall–Kier alpha value is -1.14. The molecule has 2 heterocycles. The van der Waals surface area contributed by atoms with Gasteiger partial charge in [-0.3, -0.25) is 4.79 Å². The zero-order valence-electron chi connectivity index (χ0n) is 9.54. The van der Waals surface area contributed by atoms with E-state index in [2.05, 4.69) is 0 Å². The largest absolute Gasteiger partial charge is 0.480 e. The lowest BCUT2D eigenvalue weighted by Crippen LogP contribution is -2.45. The lowest BCUT2D eigenvalue weighted by molar-refractivity contribution is -0.151. The Kier molecular flexibility index (Phi) is 3.63. The van der Waals surface area contributed by atoms with Crippen molar-refractivity contribution < 1.29 is 24.5 Å². The van der Waals surface area contributed by atoms with Crippen LogP contribution in [0.2, 0.25) is 0 Å². The number of carboxylic acids is 1. The Balaban J connectivity index is 2.04. The Bertz CT molecular complexity index is 313. The van der Waals surface area contributed by atoms with Crippen LogP contribution < -0.4 is 0 Å². The molecule has 0 aromatic rings. The third kappa shape index (κ3) is 2.58. The van der Waals surface area contributed by atoms with Gasteiger partial charge < -0.3 is 19.8 Å². The van der Waals surface area contributed by atoms with E-state index in [1.165, 1.54) is 4.90 Å². The van der Waals surface area contributed by atoms with E-state index < -0.39 is 18.1 Å². The van der Waals surface area contributed by atoms with Crippen LogP contribution in [0.4, 0.5) is 0 Å². The van der Waals surface area contributed by atoms with Crippen molar-refractivity contribution >= 4 is 11.9 Å². The third-order valence-corrected chi connectivity index (χ3v) is 3.36. The summed E-state index contributed by atoms with van der Waals surface area (Å²) in [7, 11) is 0. The number of carbonyl (C=O) groups excluding carboxylic acids is 1. The highest BCUT2D eigenvalue weighted by Crippen LogP contribution is 2.24. The van der Waals surface area contributed by atoms with E-state index in [-0.39, 0.29) is 24.8 Å². The number of carbonyl (C=O) groups is 2. The lowest BCUT2D eigenvalue weighted by atomic mass is 10.0. The van der Waals surface area contributed by atoms with Gasteiger partial charge in [-0.1, -0.05) is 0 Å². The minimum atomic E-state index is -1.05. The molecule has 0 bridgehead atoms. The minimum absolute atomic E-state index is 0.117. The van der Waals surface area contributed by atoms with Crippen LogP contribution in [-0.2, 0) is 14.3 Å². The van der Waals surface area contributed by atoms with Crippen molar-refractivity contribution in [3.05, 3.63) is 0 Å². The molecule has 2 rings (SSSR count). The lowest BCUT2D eigenvalue weighted by Gasteiger charge is -2.28. The molecule has 0 aliphatic carbocycles. The molecular weight excluding hydrogens is 226 g/mol. The zero-order chi connectivity index (χ0) is 12.4. The van der Waals surface area contributed by atoms with Gasteiger partial charge in [0, 0.05) is 19.6 Å². The van der Waals surface area contributed by atoms with E-state index in [0.717, 1.165) is 12.8 Å². The molecule has 6 nitrogen and oxygen atoms in total. The molecule has 2 aliphatic rings. The van der Waals surface area contributed by atoms with Gasteiger partial charge >= 0.3 is 5.97 Å².